The van der Waals surface area contributed by atoms with E-state index in [-0.39, 0.29) is 5.92 Å². The zero-order valence-corrected chi connectivity index (χ0v) is 10.9. The lowest BCUT2D eigenvalue weighted by molar-refractivity contribution is 0.201. The molecular weight excluding hydrogens is 226 g/mol. The Morgan fingerprint density at radius 3 is 2.61 bits per heavy atom. The van der Waals surface area contributed by atoms with Crippen molar-refractivity contribution in [1.29, 1.82) is 0 Å². The van der Waals surface area contributed by atoms with Crippen LogP contribution in [0.15, 0.2) is 35.9 Å². The van der Waals surface area contributed by atoms with Crippen molar-refractivity contribution >= 4 is 6.08 Å². The normalized spacial score (nSPS) is 24.8. The Kier molecular flexibility index (Phi) is 2.54. The maximum atomic E-state index is 5.60. The number of hydrogen-bond acceptors (Lipinski definition) is 2. The monoisotopic (exact) mass is 243 g/mol. The Bertz CT molecular complexity index is 563. The van der Waals surface area contributed by atoms with E-state index in [9.17, 15) is 0 Å². The number of ether oxygens (including phenoxy) is 2. The van der Waals surface area contributed by atoms with Crippen molar-refractivity contribution in [2.24, 2.45) is 5.92 Å². The molecule has 3 rings (SSSR count). The lowest BCUT2D eigenvalue weighted by Gasteiger charge is -2.31. The van der Waals surface area contributed by atoms with Crippen LogP contribution in [-0.2, 0) is 9.47 Å². The van der Waals surface area contributed by atoms with E-state index >= 15 is 0 Å². The number of nitrogens with one attached hydrogen (secondary N) is 1. The van der Waals surface area contributed by atoms with E-state index in [0.717, 1.165) is 11.5 Å². The van der Waals surface area contributed by atoms with Crippen LogP contribution in [0.4, 0.5) is 0 Å². The highest BCUT2D eigenvalue weighted by atomic mass is 16.5. The van der Waals surface area contributed by atoms with Crippen molar-refractivity contribution in [3.63, 3.8) is 0 Å². The maximum Gasteiger partial charge on any atom is 0.156 e. The van der Waals surface area contributed by atoms with Gasteiger partial charge in [0.2, 0.25) is 0 Å². The van der Waals surface area contributed by atoms with Crippen LogP contribution in [0.3, 0.4) is 0 Å². The number of rotatable bonds is 2. The second-order valence-electron chi connectivity index (χ2n) is 4.71. The second kappa shape index (κ2) is 4.09. The molecule has 0 aliphatic heterocycles. The van der Waals surface area contributed by atoms with Gasteiger partial charge in [-0.15, -0.1) is 0 Å². The Hall–Kier alpha value is -1.90. The minimum atomic E-state index is 0.223. The number of allylic oxidation sites excluding steroid dienone is 4. The lowest BCUT2D eigenvalue weighted by Crippen LogP contribution is -2.21. The van der Waals surface area contributed by atoms with Gasteiger partial charge in [-0.25, -0.2) is 0 Å². The highest BCUT2D eigenvalue weighted by molar-refractivity contribution is 5.61. The molecule has 2 atom stereocenters. The van der Waals surface area contributed by atoms with Crippen LogP contribution in [0.5, 0.6) is 0 Å². The molecule has 0 saturated heterocycles. The van der Waals surface area contributed by atoms with Gasteiger partial charge in [0.15, 0.2) is 5.76 Å². The van der Waals surface area contributed by atoms with Crippen LogP contribution in [-0.4, -0.2) is 19.2 Å². The van der Waals surface area contributed by atoms with Gasteiger partial charge in [-0.05, 0) is 30.2 Å². The van der Waals surface area contributed by atoms with E-state index in [2.05, 4.69) is 36.3 Å². The van der Waals surface area contributed by atoms with E-state index < -0.39 is 0 Å². The molecular formula is C15H17NO2. The quantitative estimate of drug-likeness (QED) is 0.866. The Morgan fingerprint density at radius 1 is 1.11 bits per heavy atom. The molecule has 3 heteroatoms. The fourth-order valence-electron chi connectivity index (χ4n) is 2.93. The van der Waals surface area contributed by atoms with Gasteiger partial charge in [0.1, 0.15) is 5.76 Å². The molecule has 0 spiro atoms. The highest BCUT2D eigenvalue weighted by Gasteiger charge is 2.35. The van der Waals surface area contributed by atoms with Crippen LogP contribution in [0.1, 0.15) is 22.7 Å². The van der Waals surface area contributed by atoms with Crippen LogP contribution < -0.4 is 0 Å². The summed E-state index contributed by atoms with van der Waals surface area (Å²) in [6.07, 6.45) is 10.6. The Labute approximate surface area is 107 Å². The molecule has 18 heavy (non-hydrogen) atoms. The molecule has 0 amide bonds. The first-order valence-electron chi connectivity index (χ1n) is 6.12. The minimum Gasteiger partial charge on any atom is -0.497 e. The molecule has 1 N–H and O–H groups in total. The summed E-state index contributed by atoms with van der Waals surface area (Å²) in [6, 6.07) is 0. The van der Waals surface area contributed by atoms with Gasteiger partial charge < -0.3 is 14.5 Å². The number of methoxy groups -OCH3 is 2. The zero-order valence-electron chi connectivity index (χ0n) is 10.9. The van der Waals surface area contributed by atoms with Crippen molar-refractivity contribution in [2.75, 3.05) is 14.2 Å². The van der Waals surface area contributed by atoms with Crippen LogP contribution in [0.25, 0.3) is 6.08 Å². The molecule has 2 aliphatic carbocycles. The summed E-state index contributed by atoms with van der Waals surface area (Å²) in [5.41, 5.74) is 3.76. The third-order valence-electron chi connectivity index (χ3n) is 3.78. The fraction of sp³-hybridized carbons (Fsp3) is 0.333. The van der Waals surface area contributed by atoms with Crippen molar-refractivity contribution in [3.8, 4) is 0 Å². The molecule has 2 unspecified atom stereocenters. The van der Waals surface area contributed by atoms with Gasteiger partial charge in [0, 0.05) is 17.8 Å². The minimum absolute atomic E-state index is 0.223. The predicted molar refractivity (Wildman–Crippen MR) is 71.0 cm³/mol. The van der Waals surface area contributed by atoms with E-state index in [4.69, 9.17) is 9.47 Å². The van der Waals surface area contributed by atoms with Crippen LogP contribution in [0.2, 0.25) is 0 Å². The van der Waals surface area contributed by atoms with E-state index in [1.165, 1.54) is 16.8 Å². The number of hydrogen-bond donors (Lipinski definition) is 1. The molecule has 94 valence electrons. The summed E-state index contributed by atoms with van der Waals surface area (Å²) in [7, 11) is 3.40. The van der Waals surface area contributed by atoms with Crippen molar-refractivity contribution in [1.82, 2.24) is 4.98 Å². The van der Waals surface area contributed by atoms with Gasteiger partial charge in [0.25, 0.3) is 0 Å². The molecule has 0 bridgehead atoms. The average Bonchev–Trinajstić information content (AvgIpc) is 2.79. The largest absolute Gasteiger partial charge is 0.497 e. The molecule has 2 aliphatic rings. The van der Waals surface area contributed by atoms with Gasteiger partial charge in [-0.1, -0.05) is 12.2 Å². The van der Waals surface area contributed by atoms with E-state index in [1.54, 1.807) is 14.2 Å². The van der Waals surface area contributed by atoms with Gasteiger partial charge >= 0.3 is 0 Å². The third kappa shape index (κ3) is 1.43. The predicted octanol–water partition coefficient (Wildman–Crippen LogP) is 3.12. The summed E-state index contributed by atoms with van der Waals surface area (Å²) in [6.45, 7) is 2.13. The van der Waals surface area contributed by atoms with Gasteiger partial charge in [-0.2, -0.15) is 0 Å². The number of aromatic amines is 1. The zero-order chi connectivity index (χ0) is 12.7. The lowest BCUT2D eigenvalue weighted by atomic mass is 9.76. The number of aryl methyl sites for hydroxylation is 1. The summed E-state index contributed by atoms with van der Waals surface area (Å²) < 4.78 is 11.0. The van der Waals surface area contributed by atoms with Crippen LogP contribution in [0, 0.1) is 12.8 Å². The summed E-state index contributed by atoms with van der Waals surface area (Å²) >= 11 is 0. The fourth-order valence-corrected chi connectivity index (χ4v) is 2.93. The first-order valence-corrected chi connectivity index (χ1v) is 6.12. The molecule has 0 radical (unpaired) electrons. The van der Waals surface area contributed by atoms with Gasteiger partial charge in [-0.3, -0.25) is 0 Å². The smallest absolute Gasteiger partial charge is 0.156 e. The maximum absolute atomic E-state index is 5.60. The summed E-state index contributed by atoms with van der Waals surface area (Å²) in [4.78, 5) is 3.31. The first-order chi connectivity index (χ1) is 8.76. The molecule has 3 nitrogen and oxygen atoms in total. The van der Waals surface area contributed by atoms with Crippen LogP contribution >= 0.6 is 0 Å². The van der Waals surface area contributed by atoms with Crippen molar-refractivity contribution in [2.45, 2.75) is 12.8 Å². The van der Waals surface area contributed by atoms with E-state index in [1.807, 2.05) is 6.08 Å². The summed E-state index contributed by atoms with van der Waals surface area (Å²) in [5, 5.41) is 0. The number of fused-ring (bicyclic) bond motifs is 3. The topological polar surface area (TPSA) is 34.2 Å². The summed E-state index contributed by atoms with van der Waals surface area (Å²) in [5.74, 6) is 2.31. The SMILES string of the molecule is COC1=C(OC)C2c3c(C)c[nH]c3C=CC2C=C1. The van der Waals surface area contributed by atoms with Crippen molar-refractivity contribution in [3.05, 3.63) is 52.8 Å². The van der Waals surface area contributed by atoms with Gasteiger partial charge in [0.05, 0.1) is 20.1 Å². The highest BCUT2D eigenvalue weighted by Crippen LogP contribution is 2.45. The number of H-pyrrole nitrogens is 1. The molecule has 1 heterocycles. The molecule has 0 aromatic carbocycles. The Morgan fingerprint density at radius 2 is 1.89 bits per heavy atom. The van der Waals surface area contributed by atoms with Crippen molar-refractivity contribution < 1.29 is 9.47 Å². The first kappa shape index (κ1) is 11.2. The average molecular weight is 243 g/mol. The second-order valence-corrected chi connectivity index (χ2v) is 4.71. The molecule has 0 saturated carbocycles. The number of aromatic nitrogens is 1. The van der Waals surface area contributed by atoms with E-state index in [0.29, 0.717) is 5.92 Å². The molecule has 1 aromatic heterocycles. The molecule has 0 fully saturated rings. The molecule has 1 aromatic rings. The third-order valence-corrected chi connectivity index (χ3v) is 3.78. The standard InChI is InChI=1S/C15H17NO2/c1-9-8-16-11-6-4-10-5-7-12(17-2)15(18-3)14(10)13(9)11/h4-8,10,14,16H,1-3H3. The Balaban J connectivity index is 2.18.